The molecule has 0 fully saturated rings. The Labute approximate surface area is 196 Å². The number of ketones is 1. The lowest BCUT2D eigenvalue weighted by molar-refractivity contribution is 0.103. The lowest BCUT2D eigenvalue weighted by atomic mass is 9.87. The average molecular weight is 490 g/mol. The monoisotopic (exact) mass is 489 g/mol. The summed E-state index contributed by atoms with van der Waals surface area (Å²) in [7, 11) is -8.02. The number of aromatic nitrogens is 1. The van der Waals surface area contributed by atoms with Crippen LogP contribution in [0.3, 0.4) is 0 Å². The summed E-state index contributed by atoms with van der Waals surface area (Å²) in [5.74, 6) is -1.13. The quantitative estimate of drug-likeness (QED) is 0.452. The highest BCUT2D eigenvalue weighted by Crippen LogP contribution is 2.37. The van der Waals surface area contributed by atoms with Gasteiger partial charge in [-0.1, -0.05) is 65.8 Å². The van der Waals surface area contributed by atoms with Gasteiger partial charge in [0.25, 0.3) is 0 Å². The molecule has 8 heteroatoms. The van der Waals surface area contributed by atoms with Crippen molar-refractivity contribution in [2.24, 2.45) is 0 Å². The van der Waals surface area contributed by atoms with E-state index in [-0.39, 0.29) is 33.0 Å². The Morgan fingerprint density at radius 1 is 0.848 bits per heavy atom. The zero-order valence-electron chi connectivity index (χ0n) is 20.0. The van der Waals surface area contributed by atoms with E-state index in [1.54, 1.807) is 30.5 Å². The van der Waals surface area contributed by atoms with Gasteiger partial charge in [-0.25, -0.2) is 16.8 Å². The minimum Gasteiger partial charge on any atom is -0.311 e. The van der Waals surface area contributed by atoms with Crippen molar-refractivity contribution in [3.8, 4) is 0 Å². The molecule has 0 aliphatic rings. The molecule has 0 aliphatic heterocycles. The molecule has 1 aromatic carbocycles. The molecule has 0 atom stereocenters. The number of nitrogens with zero attached hydrogens (tertiary/aromatic N) is 1. The molecular formula is C25H31NO5S2. The van der Waals surface area contributed by atoms with Crippen LogP contribution in [0.2, 0.25) is 0 Å². The van der Waals surface area contributed by atoms with Gasteiger partial charge in [-0.05, 0) is 35.1 Å². The fourth-order valence-electron chi connectivity index (χ4n) is 3.79. The smallest absolute Gasteiger partial charge is 0.211 e. The van der Waals surface area contributed by atoms with E-state index in [2.05, 4.69) is 0 Å². The topological polar surface area (TPSA) is 89.8 Å². The van der Waals surface area contributed by atoms with Gasteiger partial charge in [0.1, 0.15) is 15.5 Å². The molecule has 33 heavy (non-hydrogen) atoms. The number of rotatable bonds is 7. The molecule has 0 N–H and O–H groups in total. The lowest BCUT2D eigenvalue weighted by Crippen LogP contribution is -2.16. The van der Waals surface area contributed by atoms with E-state index in [9.17, 15) is 21.6 Å². The molecule has 0 saturated heterocycles. The highest BCUT2D eigenvalue weighted by atomic mass is 32.2. The van der Waals surface area contributed by atoms with Crippen LogP contribution in [0.1, 0.15) is 68.7 Å². The van der Waals surface area contributed by atoms with Crippen LogP contribution in [0.5, 0.6) is 0 Å². The Hall–Kier alpha value is -2.45. The van der Waals surface area contributed by atoms with Gasteiger partial charge in [0, 0.05) is 11.8 Å². The van der Waals surface area contributed by atoms with Gasteiger partial charge in [0.05, 0.1) is 17.0 Å². The van der Waals surface area contributed by atoms with Crippen molar-refractivity contribution in [1.82, 2.24) is 4.40 Å². The summed E-state index contributed by atoms with van der Waals surface area (Å²) in [6.45, 7) is 10.9. The third-order valence-corrected chi connectivity index (χ3v) is 9.64. The Balaban J connectivity index is 2.53. The maximum atomic E-state index is 13.7. The Morgan fingerprint density at radius 3 is 1.88 bits per heavy atom. The van der Waals surface area contributed by atoms with Crippen LogP contribution in [0.15, 0.2) is 52.4 Å². The molecule has 2 heterocycles. The minimum absolute atomic E-state index is 0.136. The summed E-state index contributed by atoms with van der Waals surface area (Å²) < 4.78 is 54.4. The number of sulfone groups is 2. The third-order valence-electron chi connectivity index (χ3n) is 5.94. The molecule has 6 nitrogen and oxygen atoms in total. The third kappa shape index (κ3) is 4.51. The van der Waals surface area contributed by atoms with Crippen LogP contribution in [-0.2, 0) is 31.5 Å². The van der Waals surface area contributed by atoms with E-state index in [4.69, 9.17) is 0 Å². The summed E-state index contributed by atoms with van der Waals surface area (Å²) in [6, 6.07) is 10.4. The zero-order chi connectivity index (χ0) is 24.8. The maximum Gasteiger partial charge on any atom is 0.211 e. The van der Waals surface area contributed by atoms with Gasteiger partial charge in [0.2, 0.25) is 5.78 Å². The molecule has 0 bridgehead atoms. The number of carbonyl (C=O) groups excluding carboxylic acids is 1. The van der Waals surface area contributed by atoms with Crippen LogP contribution in [0, 0.1) is 0 Å². The van der Waals surface area contributed by atoms with Gasteiger partial charge in [0.15, 0.2) is 19.7 Å². The van der Waals surface area contributed by atoms with Crippen molar-refractivity contribution in [1.29, 1.82) is 0 Å². The van der Waals surface area contributed by atoms with Crippen LogP contribution >= 0.6 is 0 Å². The van der Waals surface area contributed by atoms with Gasteiger partial charge in [-0.2, -0.15) is 0 Å². The number of carbonyl (C=O) groups is 1. The van der Waals surface area contributed by atoms with E-state index in [1.165, 1.54) is 18.2 Å². The molecule has 0 unspecified atom stereocenters. The molecule has 3 rings (SSSR count). The van der Waals surface area contributed by atoms with Crippen LogP contribution in [0.4, 0.5) is 0 Å². The minimum atomic E-state index is -4.05. The SMILES string of the molecule is CCc1ccc(C(=O)c2c(S(=O)(=O)CC)c(S(=O)(=O)CC)c3cc(C(C)(C)C)ccn23)cc1. The standard InChI is InChI=1S/C25H31NO5S2/c1-7-17-10-12-18(13-11-17)22(27)21-24(33(30,31)9-3)23(32(28,29)8-2)20-16-19(25(4,5)6)14-15-26(20)21/h10-16H,7-9H2,1-6H3. The molecular weight excluding hydrogens is 458 g/mol. The fraction of sp³-hybridized carbons (Fsp3) is 0.400. The van der Waals surface area contributed by atoms with E-state index in [0.29, 0.717) is 5.56 Å². The summed E-state index contributed by atoms with van der Waals surface area (Å²) in [6.07, 6.45) is 2.40. The van der Waals surface area contributed by atoms with E-state index < -0.39 is 30.4 Å². The van der Waals surface area contributed by atoms with Crippen molar-refractivity contribution in [2.75, 3.05) is 11.5 Å². The maximum absolute atomic E-state index is 13.7. The Morgan fingerprint density at radius 2 is 1.39 bits per heavy atom. The van der Waals surface area contributed by atoms with Crippen molar-refractivity contribution >= 4 is 31.0 Å². The van der Waals surface area contributed by atoms with Crippen molar-refractivity contribution in [3.05, 3.63) is 65.0 Å². The van der Waals surface area contributed by atoms with E-state index in [1.807, 2.05) is 39.8 Å². The van der Waals surface area contributed by atoms with E-state index >= 15 is 0 Å². The number of hydrogen-bond acceptors (Lipinski definition) is 5. The molecule has 3 aromatic rings. The molecule has 2 aromatic heterocycles. The number of aryl methyl sites for hydroxylation is 1. The number of fused-ring (bicyclic) bond motifs is 1. The van der Waals surface area contributed by atoms with E-state index in [0.717, 1.165) is 17.5 Å². The zero-order valence-corrected chi connectivity index (χ0v) is 21.6. The highest BCUT2D eigenvalue weighted by Gasteiger charge is 2.37. The molecule has 178 valence electrons. The molecule has 0 radical (unpaired) electrons. The Bertz CT molecular complexity index is 1420. The summed E-state index contributed by atoms with van der Waals surface area (Å²) in [4.78, 5) is 13.0. The summed E-state index contributed by atoms with van der Waals surface area (Å²) in [5.41, 5.74) is 1.96. The normalized spacial score (nSPS) is 12.9. The molecule has 0 saturated carbocycles. The first-order valence-corrected chi connectivity index (χ1v) is 14.4. The van der Waals surface area contributed by atoms with Crippen LogP contribution < -0.4 is 0 Å². The first-order chi connectivity index (χ1) is 15.3. The van der Waals surface area contributed by atoms with Crippen LogP contribution in [0.25, 0.3) is 5.52 Å². The average Bonchev–Trinajstić information content (AvgIpc) is 3.14. The van der Waals surface area contributed by atoms with Gasteiger partial charge >= 0.3 is 0 Å². The highest BCUT2D eigenvalue weighted by molar-refractivity contribution is 7.94. The second-order valence-electron chi connectivity index (χ2n) is 9.11. The second-order valence-corrected chi connectivity index (χ2v) is 13.5. The first-order valence-electron chi connectivity index (χ1n) is 11.1. The van der Waals surface area contributed by atoms with Gasteiger partial charge < -0.3 is 4.40 Å². The lowest BCUT2D eigenvalue weighted by Gasteiger charge is -2.19. The summed E-state index contributed by atoms with van der Waals surface area (Å²) in [5, 5.41) is 0. The molecule has 0 spiro atoms. The largest absolute Gasteiger partial charge is 0.311 e. The predicted octanol–water partition coefficient (Wildman–Crippen LogP) is 4.62. The number of hydrogen-bond donors (Lipinski definition) is 0. The molecule has 0 amide bonds. The molecule has 0 aliphatic carbocycles. The van der Waals surface area contributed by atoms with Gasteiger partial charge in [-0.3, -0.25) is 4.79 Å². The predicted molar refractivity (Wildman–Crippen MR) is 131 cm³/mol. The fourth-order valence-corrected chi connectivity index (χ4v) is 6.86. The second kappa shape index (κ2) is 8.72. The first kappa shape index (κ1) is 25.2. The van der Waals surface area contributed by atoms with Crippen molar-refractivity contribution in [3.63, 3.8) is 0 Å². The van der Waals surface area contributed by atoms with Crippen molar-refractivity contribution < 1.29 is 21.6 Å². The van der Waals surface area contributed by atoms with Gasteiger partial charge in [-0.15, -0.1) is 0 Å². The van der Waals surface area contributed by atoms with Crippen molar-refractivity contribution in [2.45, 2.75) is 63.2 Å². The number of pyridine rings is 1. The Kier molecular flexibility index (Phi) is 6.65. The summed E-state index contributed by atoms with van der Waals surface area (Å²) >= 11 is 0. The number of benzene rings is 1. The van der Waals surface area contributed by atoms with Crippen LogP contribution in [-0.4, -0.2) is 38.5 Å².